The fourth-order valence-electron chi connectivity index (χ4n) is 4.23. The Labute approximate surface area is 217 Å². The normalized spacial score (nSPS) is 12.8. The number of aromatic nitrogens is 2. The fraction of sp³-hybridized carbons (Fsp3) is 0.846. The molecule has 210 valence electrons. The lowest BCUT2D eigenvalue weighted by molar-refractivity contribution is 0.0469. The molecule has 0 fully saturated rings. The van der Waals surface area contributed by atoms with E-state index in [9.17, 15) is 9.36 Å². The van der Waals surface area contributed by atoms with Gasteiger partial charge in [-0.05, 0) is 12.8 Å². The minimum atomic E-state index is -4.24. The number of hydrogen-bond donors (Lipinski definition) is 3. The maximum atomic E-state index is 12.1. The van der Waals surface area contributed by atoms with Gasteiger partial charge in [0.15, 0.2) is 0 Å². The standard InChI is InChI=1S/C26H50N3O6P/c1-3-5-6-7-8-9-10-11-12-13-14-15-16-17-19-35-24(4-2)23-21-29(26(30)28-25(23)27)18-20-34-22-36(31,32)33/h21,24H,3-20,22H2,1-2H3,(H2,27,28,30)(H2,31,32,33). The number of rotatable bonds is 23. The van der Waals surface area contributed by atoms with Crippen LogP contribution in [0.25, 0.3) is 0 Å². The summed E-state index contributed by atoms with van der Waals surface area (Å²) in [6.07, 6.45) is 19.7. The van der Waals surface area contributed by atoms with Crippen LogP contribution < -0.4 is 11.4 Å². The molecule has 0 aromatic carbocycles. The Kier molecular flexibility index (Phi) is 18.0. The van der Waals surface area contributed by atoms with Gasteiger partial charge in [0, 0.05) is 18.4 Å². The van der Waals surface area contributed by atoms with Crippen LogP contribution in [-0.2, 0) is 20.6 Å². The van der Waals surface area contributed by atoms with Crippen molar-refractivity contribution in [2.45, 2.75) is 123 Å². The lowest BCUT2D eigenvalue weighted by Crippen LogP contribution is -2.27. The Hall–Kier alpha value is -1.25. The van der Waals surface area contributed by atoms with E-state index in [1.807, 2.05) is 6.92 Å². The number of nitrogens with zero attached hydrogens (tertiary/aromatic N) is 2. The molecule has 0 radical (unpaired) electrons. The minimum Gasteiger partial charge on any atom is -0.383 e. The first-order valence-electron chi connectivity index (χ1n) is 13.9. The molecule has 0 amide bonds. The summed E-state index contributed by atoms with van der Waals surface area (Å²) in [5.74, 6) is 0.153. The summed E-state index contributed by atoms with van der Waals surface area (Å²) in [5.41, 5.74) is 6.12. The molecule has 0 aliphatic carbocycles. The average molecular weight is 532 g/mol. The van der Waals surface area contributed by atoms with Crippen molar-refractivity contribution in [2.24, 2.45) is 0 Å². The van der Waals surface area contributed by atoms with Crippen LogP contribution in [-0.4, -0.2) is 38.9 Å². The quantitative estimate of drug-likeness (QED) is 0.117. The Morgan fingerprint density at radius 1 is 0.917 bits per heavy atom. The van der Waals surface area contributed by atoms with Crippen molar-refractivity contribution < 1.29 is 23.8 Å². The monoisotopic (exact) mass is 531 g/mol. The molecule has 4 N–H and O–H groups in total. The van der Waals surface area contributed by atoms with Crippen molar-refractivity contribution in [1.29, 1.82) is 0 Å². The molecule has 0 bridgehead atoms. The zero-order valence-corrected chi connectivity index (χ0v) is 23.4. The highest BCUT2D eigenvalue weighted by atomic mass is 31.2. The lowest BCUT2D eigenvalue weighted by atomic mass is 10.0. The molecule has 1 atom stereocenters. The van der Waals surface area contributed by atoms with Crippen molar-refractivity contribution in [3.63, 3.8) is 0 Å². The van der Waals surface area contributed by atoms with E-state index in [2.05, 4.69) is 11.9 Å². The van der Waals surface area contributed by atoms with Crippen molar-refractivity contribution >= 4 is 13.4 Å². The van der Waals surface area contributed by atoms with E-state index in [0.717, 1.165) is 12.8 Å². The number of nitrogens with two attached hydrogens (primary N) is 1. The van der Waals surface area contributed by atoms with E-state index in [1.165, 1.54) is 81.6 Å². The second-order valence-corrected chi connectivity index (χ2v) is 11.2. The average Bonchev–Trinajstić information content (AvgIpc) is 2.82. The third-order valence-electron chi connectivity index (χ3n) is 6.32. The van der Waals surface area contributed by atoms with Crippen molar-refractivity contribution in [1.82, 2.24) is 9.55 Å². The SMILES string of the molecule is CCCCCCCCCCCCCCCCOC(CC)c1cn(CCOCP(=O)(O)O)c(=O)nc1N. The number of hydrogen-bond acceptors (Lipinski definition) is 6. The van der Waals surface area contributed by atoms with E-state index in [1.54, 1.807) is 6.20 Å². The van der Waals surface area contributed by atoms with E-state index in [4.69, 9.17) is 25.0 Å². The third-order valence-corrected chi connectivity index (χ3v) is 6.84. The molecular weight excluding hydrogens is 481 g/mol. The van der Waals surface area contributed by atoms with Gasteiger partial charge < -0.3 is 25.0 Å². The van der Waals surface area contributed by atoms with Gasteiger partial charge in [0.1, 0.15) is 12.2 Å². The van der Waals surface area contributed by atoms with Crippen LogP contribution in [0.4, 0.5) is 5.82 Å². The first kappa shape index (κ1) is 32.8. The van der Waals surface area contributed by atoms with Crippen LogP contribution in [0.3, 0.4) is 0 Å². The van der Waals surface area contributed by atoms with E-state index < -0.39 is 19.6 Å². The summed E-state index contributed by atoms with van der Waals surface area (Å²) >= 11 is 0. The van der Waals surface area contributed by atoms with Crippen molar-refractivity contribution in [3.8, 4) is 0 Å². The Morgan fingerprint density at radius 3 is 1.94 bits per heavy atom. The van der Waals surface area contributed by atoms with Crippen molar-refractivity contribution in [2.75, 3.05) is 25.3 Å². The molecule has 1 rings (SSSR count). The van der Waals surface area contributed by atoms with Crippen LogP contribution in [0.5, 0.6) is 0 Å². The number of ether oxygens (including phenoxy) is 2. The maximum absolute atomic E-state index is 12.1. The minimum absolute atomic E-state index is 0.0211. The van der Waals surface area contributed by atoms with Gasteiger partial charge in [-0.1, -0.05) is 97.3 Å². The van der Waals surface area contributed by atoms with Gasteiger partial charge in [-0.3, -0.25) is 9.13 Å². The molecule has 1 heterocycles. The Balaban J connectivity index is 2.23. The molecule has 9 nitrogen and oxygen atoms in total. The topological polar surface area (TPSA) is 137 Å². The fourth-order valence-corrected chi connectivity index (χ4v) is 4.59. The number of nitrogen functional groups attached to an aromatic ring is 1. The molecule has 0 saturated heterocycles. The lowest BCUT2D eigenvalue weighted by Gasteiger charge is -2.19. The molecule has 1 aromatic rings. The molecule has 0 aliphatic heterocycles. The van der Waals surface area contributed by atoms with Crippen LogP contribution in [0.1, 0.15) is 122 Å². The summed E-state index contributed by atoms with van der Waals surface area (Å²) in [6, 6.07) is 0. The first-order chi connectivity index (χ1) is 17.3. The predicted octanol–water partition coefficient (Wildman–Crippen LogP) is 5.93. The van der Waals surface area contributed by atoms with Gasteiger partial charge in [-0.2, -0.15) is 4.98 Å². The van der Waals surface area contributed by atoms with Gasteiger partial charge in [0.25, 0.3) is 0 Å². The highest BCUT2D eigenvalue weighted by Gasteiger charge is 2.17. The van der Waals surface area contributed by atoms with Crippen LogP contribution in [0.2, 0.25) is 0 Å². The van der Waals surface area contributed by atoms with Gasteiger partial charge >= 0.3 is 13.3 Å². The van der Waals surface area contributed by atoms with Crippen LogP contribution in [0, 0.1) is 0 Å². The molecule has 1 aromatic heterocycles. The van der Waals surface area contributed by atoms with Gasteiger partial charge in [0.05, 0.1) is 19.3 Å². The van der Waals surface area contributed by atoms with E-state index in [0.29, 0.717) is 18.6 Å². The van der Waals surface area contributed by atoms with Crippen LogP contribution in [0.15, 0.2) is 11.0 Å². The Bertz CT molecular complexity index is 798. The smallest absolute Gasteiger partial charge is 0.350 e. The van der Waals surface area contributed by atoms with E-state index >= 15 is 0 Å². The predicted molar refractivity (Wildman–Crippen MR) is 145 cm³/mol. The zero-order valence-electron chi connectivity index (χ0n) is 22.5. The molecular formula is C26H50N3O6P. The summed E-state index contributed by atoms with van der Waals surface area (Å²) in [6.45, 7) is 4.98. The molecule has 36 heavy (non-hydrogen) atoms. The van der Waals surface area contributed by atoms with E-state index in [-0.39, 0.29) is 25.1 Å². The summed E-state index contributed by atoms with van der Waals surface area (Å²) in [4.78, 5) is 33.7. The third kappa shape index (κ3) is 15.8. The molecule has 0 spiro atoms. The maximum Gasteiger partial charge on any atom is 0.350 e. The number of unbranched alkanes of at least 4 members (excludes halogenated alkanes) is 13. The van der Waals surface area contributed by atoms with Gasteiger partial charge in [-0.15, -0.1) is 0 Å². The highest BCUT2D eigenvalue weighted by Crippen LogP contribution is 2.33. The van der Waals surface area contributed by atoms with Crippen LogP contribution >= 0.6 is 7.60 Å². The molecule has 0 aliphatic rings. The molecule has 0 saturated carbocycles. The van der Waals surface area contributed by atoms with Crippen molar-refractivity contribution in [3.05, 3.63) is 22.2 Å². The first-order valence-corrected chi connectivity index (χ1v) is 15.7. The molecule has 10 heteroatoms. The number of anilines is 1. The Morgan fingerprint density at radius 2 is 1.44 bits per heavy atom. The largest absolute Gasteiger partial charge is 0.383 e. The second-order valence-electron chi connectivity index (χ2n) is 9.62. The summed E-state index contributed by atoms with van der Waals surface area (Å²) < 4.78 is 23.2. The zero-order chi connectivity index (χ0) is 26.7. The summed E-state index contributed by atoms with van der Waals surface area (Å²) in [5, 5.41) is 0. The van der Waals surface area contributed by atoms with Gasteiger partial charge in [-0.25, -0.2) is 4.79 Å². The highest BCUT2D eigenvalue weighted by molar-refractivity contribution is 7.51. The molecule has 1 unspecified atom stereocenters. The van der Waals surface area contributed by atoms with Gasteiger partial charge in [0.2, 0.25) is 0 Å². The second kappa shape index (κ2) is 19.8. The summed E-state index contributed by atoms with van der Waals surface area (Å²) in [7, 11) is -4.24.